The topological polar surface area (TPSA) is 46.6 Å². The smallest absolute Gasteiger partial charge is 0.305 e. The molecule has 188 valence electrons. The number of rotatable bonds is 8. The lowest BCUT2D eigenvalue weighted by Gasteiger charge is -2.43. The number of nitrogens with zero attached hydrogens (tertiary/aromatic N) is 1. The normalized spacial score (nSPS) is 22.0. The van der Waals surface area contributed by atoms with E-state index in [9.17, 15) is 9.59 Å². The van der Waals surface area contributed by atoms with E-state index in [1.165, 1.54) is 50.4 Å². The quantitative estimate of drug-likeness (QED) is 0.363. The second kappa shape index (κ2) is 11.3. The van der Waals surface area contributed by atoms with Gasteiger partial charge in [-0.15, -0.1) is 0 Å². The van der Waals surface area contributed by atoms with Gasteiger partial charge in [-0.1, -0.05) is 70.7 Å². The minimum atomic E-state index is -0.357. The minimum absolute atomic E-state index is 0.111. The molecule has 4 nitrogen and oxygen atoms in total. The molecule has 1 saturated carbocycles. The molecule has 0 radical (unpaired) electrons. The van der Waals surface area contributed by atoms with E-state index >= 15 is 0 Å². The van der Waals surface area contributed by atoms with Crippen molar-refractivity contribution in [1.29, 1.82) is 0 Å². The molecule has 0 bridgehead atoms. The number of methoxy groups -OCH3 is 1. The Bertz CT molecular complexity index is 910. The first kappa shape index (κ1) is 26.8. The van der Waals surface area contributed by atoms with Gasteiger partial charge in [0.1, 0.15) is 0 Å². The second-order valence-electron chi connectivity index (χ2n) is 11.6. The van der Waals surface area contributed by atoms with Crippen molar-refractivity contribution in [1.82, 2.24) is 4.90 Å². The Labute approximate surface area is 211 Å². The summed E-state index contributed by atoms with van der Waals surface area (Å²) in [6.07, 6.45) is 11.6. The molecule has 1 fully saturated rings. The minimum Gasteiger partial charge on any atom is -0.469 e. The van der Waals surface area contributed by atoms with Crippen LogP contribution in [0.15, 0.2) is 30.0 Å². The Morgan fingerprint density at radius 3 is 2.53 bits per heavy atom. The lowest BCUT2D eigenvalue weighted by Crippen LogP contribution is -2.43. The van der Waals surface area contributed by atoms with E-state index < -0.39 is 0 Å². The molecule has 5 heteroatoms. The van der Waals surface area contributed by atoms with Crippen molar-refractivity contribution in [3.63, 3.8) is 0 Å². The van der Waals surface area contributed by atoms with Crippen LogP contribution in [-0.2, 0) is 26.2 Å². The third-order valence-electron chi connectivity index (χ3n) is 7.64. The fourth-order valence-corrected chi connectivity index (χ4v) is 5.69. The zero-order chi connectivity index (χ0) is 24.9. The highest BCUT2D eigenvalue weighted by Crippen LogP contribution is 2.47. The molecule has 1 atom stereocenters. The van der Waals surface area contributed by atoms with Gasteiger partial charge in [0.2, 0.25) is 5.91 Å². The average molecular weight is 488 g/mol. The summed E-state index contributed by atoms with van der Waals surface area (Å²) >= 11 is 6.79. The van der Waals surface area contributed by atoms with Gasteiger partial charge in [0.05, 0.1) is 7.11 Å². The number of esters is 1. The molecule has 0 saturated heterocycles. The number of ether oxygens (including phenoxy) is 1. The van der Waals surface area contributed by atoms with Crippen molar-refractivity contribution >= 4 is 23.5 Å². The molecule has 0 N–H and O–H groups in total. The highest BCUT2D eigenvalue weighted by molar-refractivity contribution is 6.31. The maximum atomic E-state index is 13.3. The molecule has 1 aromatic rings. The predicted octanol–water partition coefficient (Wildman–Crippen LogP) is 7.23. The number of aryl methyl sites for hydroxylation is 1. The standard InChI is InChI=1S/C29H42ClNO3/c1-28(2,3)16-15-22-13-14-23(18-25(22)30)29(4)19-26(32)31(17-9-12-27(33)34-5)20-24(29)21-10-7-6-8-11-21/h13-14,18,20-21H,6-12,15-17,19H2,1-5H3/t29-/m0/s1. The van der Waals surface area contributed by atoms with Crippen LogP contribution in [0.5, 0.6) is 0 Å². The number of hydrogen-bond donors (Lipinski definition) is 0. The molecular weight excluding hydrogens is 446 g/mol. The third kappa shape index (κ3) is 6.65. The van der Waals surface area contributed by atoms with E-state index in [2.05, 4.69) is 52.1 Å². The first-order chi connectivity index (χ1) is 16.0. The fourth-order valence-electron chi connectivity index (χ4n) is 5.41. The first-order valence-corrected chi connectivity index (χ1v) is 13.3. The summed E-state index contributed by atoms with van der Waals surface area (Å²) < 4.78 is 4.76. The third-order valence-corrected chi connectivity index (χ3v) is 8.00. The van der Waals surface area contributed by atoms with Crippen molar-refractivity contribution < 1.29 is 14.3 Å². The van der Waals surface area contributed by atoms with Gasteiger partial charge in [-0.2, -0.15) is 0 Å². The number of carbonyl (C=O) groups is 2. The van der Waals surface area contributed by atoms with Crippen LogP contribution in [0.3, 0.4) is 0 Å². The predicted molar refractivity (Wildman–Crippen MR) is 139 cm³/mol. The van der Waals surface area contributed by atoms with Crippen LogP contribution >= 0.6 is 11.6 Å². The molecule has 1 aliphatic carbocycles. The lowest BCUT2D eigenvalue weighted by atomic mass is 9.65. The molecule has 3 rings (SSSR count). The van der Waals surface area contributed by atoms with E-state index in [1.54, 1.807) is 0 Å². The Morgan fingerprint density at radius 2 is 1.91 bits per heavy atom. The monoisotopic (exact) mass is 487 g/mol. The van der Waals surface area contributed by atoms with Crippen molar-refractivity contribution in [3.8, 4) is 0 Å². The molecule has 1 aliphatic heterocycles. The molecule has 1 heterocycles. The van der Waals surface area contributed by atoms with E-state index in [-0.39, 0.29) is 22.7 Å². The number of halogens is 1. The summed E-state index contributed by atoms with van der Waals surface area (Å²) in [5.74, 6) is 0.362. The van der Waals surface area contributed by atoms with E-state index in [0.29, 0.717) is 31.7 Å². The molecule has 0 unspecified atom stereocenters. The fraction of sp³-hybridized carbons (Fsp3) is 0.655. The van der Waals surface area contributed by atoms with Crippen LogP contribution in [-0.4, -0.2) is 30.4 Å². The molecule has 34 heavy (non-hydrogen) atoms. The van der Waals surface area contributed by atoms with Crippen LogP contribution in [0, 0.1) is 11.3 Å². The Morgan fingerprint density at radius 1 is 1.21 bits per heavy atom. The van der Waals surface area contributed by atoms with Gasteiger partial charge >= 0.3 is 5.97 Å². The van der Waals surface area contributed by atoms with Gasteiger partial charge < -0.3 is 9.64 Å². The van der Waals surface area contributed by atoms with Crippen molar-refractivity contribution in [2.24, 2.45) is 11.3 Å². The highest BCUT2D eigenvalue weighted by Gasteiger charge is 2.42. The number of hydrogen-bond acceptors (Lipinski definition) is 3. The average Bonchev–Trinajstić information content (AvgIpc) is 2.79. The zero-order valence-corrected chi connectivity index (χ0v) is 22.5. The van der Waals surface area contributed by atoms with Crippen LogP contribution in [0.4, 0.5) is 0 Å². The molecule has 0 spiro atoms. The van der Waals surface area contributed by atoms with Gasteiger partial charge in [-0.3, -0.25) is 9.59 Å². The summed E-state index contributed by atoms with van der Waals surface area (Å²) in [7, 11) is 1.40. The largest absolute Gasteiger partial charge is 0.469 e. The van der Waals surface area contributed by atoms with Crippen LogP contribution in [0.2, 0.25) is 5.02 Å². The molecule has 0 aromatic heterocycles. The van der Waals surface area contributed by atoms with Gasteiger partial charge in [-0.05, 0) is 66.2 Å². The summed E-state index contributed by atoms with van der Waals surface area (Å²) in [6, 6.07) is 6.47. The van der Waals surface area contributed by atoms with Crippen LogP contribution < -0.4 is 0 Å². The highest BCUT2D eigenvalue weighted by atomic mass is 35.5. The molecule has 2 aliphatic rings. The summed E-state index contributed by atoms with van der Waals surface area (Å²) in [5.41, 5.74) is 3.57. The number of benzene rings is 1. The maximum Gasteiger partial charge on any atom is 0.305 e. The Hall–Kier alpha value is -1.81. The summed E-state index contributed by atoms with van der Waals surface area (Å²) in [5, 5.41) is 0.805. The van der Waals surface area contributed by atoms with Crippen LogP contribution in [0.25, 0.3) is 0 Å². The molecule has 1 aromatic carbocycles. The maximum absolute atomic E-state index is 13.3. The van der Waals surface area contributed by atoms with Gasteiger partial charge in [0.15, 0.2) is 0 Å². The zero-order valence-electron chi connectivity index (χ0n) is 21.7. The number of amides is 1. The molecule has 1 amide bonds. The van der Waals surface area contributed by atoms with Gasteiger partial charge in [0, 0.05) is 36.0 Å². The lowest BCUT2D eigenvalue weighted by molar-refractivity contribution is -0.141. The van der Waals surface area contributed by atoms with E-state index in [4.69, 9.17) is 16.3 Å². The van der Waals surface area contributed by atoms with Crippen molar-refractivity contribution in [2.45, 2.75) is 97.3 Å². The Balaban J connectivity index is 1.89. The number of allylic oxidation sites excluding steroid dienone is 1. The first-order valence-electron chi connectivity index (χ1n) is 12.9. The van der Waals surface area contributed by atoms with E-state index in [1.807, 2.05) is 4.90 Å². The molecular formula is C29H42ClNO3. The van der Waals surface area contributed by atoms with E-state index in [0.717, 1.165) is 23.4 Å². The van der Waals surface area contributed by atoms with Crippen LogP contribution in [0.1, 0.15) is 96.6 Å². The number of carbonyl (C=O) groups excluding carboxylic acids is 2. The Kier molecular flexibility index (Phi) is 8.89. The SMILES string of the molecule is COC(=O)CCCN1C=C(C2CCCCC2)[C@](C)(c2ccc(CCC(C)(C)C)c(Cl)c2)CC1=O. The summed E-state index contributed by atoms with van der Waals surface area (Å²) in [6.45, 7) is 9.52. The summed E-state index contributed by atoms with van der Waals surface area (Å²) in [4.78, 5) is 26.6. The van der Waals surface area contributed by atoms with Gasteiger partial charge in [0.25, 0.3) is 0 Å². The van der Waals surface area contributed by atoms with Gasteiger partial charge in [-0.25, -0.2) is 0 Å². The van der Waals surface area contributed by atoms with Crippen molar-refractivity contribution in [3.05, 3.63) is 46.1 Å². The van der Waals surface area contributed by atoms with Crippen molar-refractivity contribution in [2.75, 3.05) is 13.7 Å². The second-order valence-corrected chi connectivity index (χ2v) is 12.0.